The van der Waals surface area contributed by atoms with Crippen molar-refractivity contribution in [3.05, 3.63) is 60.0 Å². The molecule has 1 aliphatic carbocycles. The molecule has 1 heterocycles. The number of imidazole rings is 1. The molecule has 0 radical (unpaired) electrons. The number of hydrogen-bond acceptors (Lipinski definition) is 2. The van der Waals surface area contributed by atoms with Gasteiger partial charge in [-0.15, -0.1) is 0 Å². The molecule has 0 aliphatic heterocycles. The molecule has 3 heteroatoms. The van der Waals surface area contributed by atoms with Crippen LogP contribution in [0.1, 0.15) is 17.8 Å². The van der Waals surface area contributed by atoms with Crippen molar-refractivity contribution in [3.63, 3.8) is 0 Å². The van der Waals surface area contributed by atoms with Gasteiger partial charge in [-0.1, -0.05) is 36.4 Å². The molecule has 18 heavy (non-hydrogen) atoms. The predicted octanol–water partition coefficient (Wildman–Crippen LogP) is 2.95. The largest absolute Gasteiger partial charge is 0.392 e. The van der Waals surface area contributed by atoms with Crippen LogP contribution < -0.4 is 0 Å². The van der Waals surface area contributed by atoms with Gasteiger partial charge in [-0.05, 0) is 24.1 Å². The molecule has 90 valence electrons. The Labute approximate surface area is 105 Å². The van der Waals surface area contributed by atoms with Crippen molar-refractivity contribution in [1.29, 1.82) is 0 Å². The fraction of sp³-hybridized carbons (Fsp3) is 0.133. The molecular weight excluding hydrogens is 224 g/mol. The molecule has 0 amide bonds. The summed E-state index contributed by atoms with van der Waals surface area (Å²) in [5.41, 5.74) is 3.84. The molecule has 0 saturated heterocycles. The van der Waals surface area contributed by atoms with Crippen LogP contribution in [-0.4, -0.2) is 15.1 Å². The lowest BCUT2D eigenvalue weighted by Gasteiger charge is -1.94. The third kappa shape index (κ3) is 2.00. The minimum atomic E-state index is 0.0512. The number of nitrogens with one attached hydrogen (secondary N) is 1. The summed E-state index contributed by atoms with van der Waals surface area (Å²) < 4.78 is 0. The molecule has 1 aliphatic rings. The molecule has 2 N–H and O–H groups in total. The number of fused-ring (bicyclic) bond motifs is 1. The number of nitrogens with zero attached hydrogens (tertiary/aromatic N) is 1. The van der Waals surface area contributed by atoms with Crippen molar-refractivity contribution < 1.29 is 5.11 Å². The quantitative estimate of drug-likeness (QED) is 0.845. The second-order valence-electron chi connectivity index (χ2n) is 4.28. The first kappa shape index (κ1) is 11.0. The fourth-order valence-electron chi connectivity index (χ4n) is 2.03. The minimum absolute atomic E-state index is 0.0512. The van der Waals surface area contributed by atoms with Crippen LogP contribution in [0.5, 0.6) is 0 Å². The van der Waals surface area contributed by atoms with E-state index in [4.69, 9.17) is 5.11 Å². The lowest BCUT2D eigenvalue weighted by atomic mass is 10.2. The van der Waals surface area contributed by atoms with E-state index in [-0.39, 0.29) is 6.61 Å². The number of rotatable bonds is 2. The zero-order chi connectivity index (χ0) is 12.4. The van der Waals surface area contributed by atoms with Crippen LogP contribution in [0.4, 0.5) is 0 Å². The van der Waals surface area contributed by atoms with Crippen molar-refractivity contribution in [1.82, 2.24) is 9.97 Å². The first-order valence-electron chi connectivity index (χ1n) is 6.00. The zero-order valence-electron chi connectivity index (χ0n) is 9.93. The monoisotopic (exact) mass is 238 g/mol. The van der Waals surface area contributed by atoms with Gasteiger partial charge in [0.25, 0.3) is 0 Å². The minimum Gasteiger partial charge on any atom is -0.392 e. The number of aromatic amines is 1. The number of aromatic nitrogens is 2. The third-order valence-electron chi connectivity index (χ3n) is 2.98. The maximum Gasteiger partial charge on any atom is 0.138 e. The van der Waals surface area contributed by atoms with E-state index < -0.39 is 0 Å². The summed E-state index contributed by atoms with van der Waals surface area (Å²) >= 11 is 0. The van der Waals surface area contributed by atoms with Crippen molar-refractivity contribution in [2.24, 2.45) is 0 Å². The third-order valence-corrected chi connectivity index (χ3v) is 2.98. The highest BCUT2D eigenvalue weighted by Crippen LogP contribution is 2.20. The Kier molecular flexibility index (Phi) is 2.82. The van der Waals surface area contributed by atoms with Gasteiger partial charge < -0.3 is 10.1 Å². The van der Waals surface area contributed by atoms with Crippen LogP contribution in [0, 0.1) is 0 Å². The average Bonchev–Trinajstić information content (AvgIpc) is 2.63. The van der Waals surface area contributed by atoms with Gasteiger partial charge in [-0.25, -0.2) is 4.98 Å². The Morgan fingerprint density at radius 3 is 3.11 bits per heavy atom. The van der Waals surface area contributed by atoms with E-state index in [1.54, 1.807) is 0 Å². The van der Waals surface area contributed by atoms with E-state index >= 15 is 0 Å². The van der Waals surface area contributed by atoms with E-state index in [9.17, 15) is 0 Å². The van der Waals surface area contributed by atoms with Crippen LogP contribution in [-0.2, 0) is 6.61 Å². The van der Waals surface area contributed by atoms with Crippen molar-refractivity contribution in [2.45, 2.75) is 13.0 Å². The lowest BCUT2D eigenvalue weighted by Crippen LogP contribution is -1.82. The maximum atomic E-state index is 9.12. The molecule has 0 bridgehead atoms. The van der Waals surface area contributed by atoms with Crippen molar-refractivity contribution >= 4 is 16.6 Å². The van der Waals surface area contributed by atoms with Crippen molar-refractivity contribution in [3.8, 4) is 0 Å². The molecule has 1 aromatic heterocycles. The zero-order valence-corrected chi connectivity index (χ0v) is 9.93. The van der Waals surface area contributed by atoms with Gasteiger partial charge in [-0.3, -0.25) is 0 Å². The maximum absolute atomic E-state index is 9.12. The van der Waals surface area contributed by atoms with E-state index in [1.165, 1.54) is 0 Å². The van der Waals surface area contributed by atoms with Gasteiger partial charge >= 0.3 is 0 Å². The first-order chi connectivity index (χ1) is 8.86. The molecule has 3 rings (SSSR count). The van der Waals surface area contributed by atoms with Gasteiger partial charge in [0.1, 0.15) is 5.82 Å². The molecule has 1 aromatic carbocycles. The SMILES string of the molecule is OCc1ccc2nc(C3=CC=CCC=C3)[nH]c2c1. The summed E-state index contributed by atoms with van der Waals surface area (Å²) in [6.07, 6.45) is 11.3. The van der Waals surface area contributed by atoms with Crippen LogP contribution in [0.2, 0.25) is 0 Å². The summed E-state index contributed by atoms with van der Waals surface area (Å²) in [6.45, 7) is 0.0512. The Morgan fingerprint density at radius 1 is 1.28 bits per heavy atom. The summed E-state index contributed by atoms with van der Waals surface area (Å²) in [7, 11) is 0. The number of aliphatic hydroxyl groups excluding tert-OH is 1. The van der Waals surface area contributed by atoms with Crippen LogP contribution in [0.3, 0.4) is 0 Å². The van der Waals surface area contributed by atoms with Crippen LogP contribution >= 0.6 is 0 Å². The summed E-state index contributed by atoms with van der Waals surface area (Å²) in [5, 5.41) is 9.12. The summed E-state index contributed by atoms with van der Waals surface area (Å²) in [4.78, 5) is 7.85. The molecule has 3 nitrogen and oxygen atoms in total. The van der Waals surface area contributed by atoms with Crippen LogP contribution in [0.15, 0.2) is 48.6 Å². The van der Waals surface area contributed by atoms with E-state index in [0.717, 1.165) is 34.4 Å². The topological polar surface area (TPSA) is 48.9 Å². The van der Waals surface area contributed by atoms with Gasteiger partial charge in [0.05, 0.1) is 17.6 Å². The number of allylic oxidation sites excluding steroid dienone is 6. The first-order valence-corrected chi connectivity index (χ1v) is 6.00. The Bertz CT molecular complexity index is 662. The highest BCUT2D eigenvalue weighted by atomic mass is 16.3. The highest BCUT2D eigenvalue weighted by molar-refractivity contribution is 5.82. The number of H-pyrrole nitrogens is 1. The van der Waals surface area contributed by atoms with Crippen LogP contribution in [0.25, 0.3) is 16.6 Å². The van der Waals surface area contributed by atoms with E-state index in [2.05, 4.69) is 28.2 Å². The number of hydrogen-bond donors (Lipinski definition) is 2. The molecule has 0 spiro atoms. The average molecular weight is 238 g/mol. The van der Waals surface area contributed by atoms with E-state index in [1.807, 2.05) is 30.4 Å². The summed E-state index contributed by atoms with van der Waals surface area (Å²) in [5.74, 6) is 0.864. The summed E-state index contributed by atoms with van der Waals surface area (Å²) in [6, 6.07) is 5.75. The molecular formula is C15H14N2O. The Morgan fingerprint density at radius 2 is 2.22 bits per heavy atom. The molecule has 0 saturated carbocycles. The van der Waals surface area contributed by atoms with E-state index in [0.29, 0.717) is 0 Å². The standard InChI is InChI=1S/C15H14N2O/c18-10-11-7-8-13-14(9-11)17-15(16-13)12-5-3-1-2-4-6-12/h1,3-9,18H,2,10H2,(H,16,17). The van der Waals surface area contributed by atoms with Gasteiger partial charge in [0.15, 0.2) is 0 Å². The predicted molar refractivity (Wildman–Crippen MR) is 72.9 cm³/mol. The number of benzene rings is 1. The molecule has 2 aromatic rings. The van der Waals surface area contributed by atoms with Crippen molar-refractivity contribution in [2.75, 3.05) is 0 Å². The normalized spacial score (nSPS) is 14.8. The number of aliphatic hydroxyl groups is 1. The second kappa shape index (κ2) is 4.63. The molecule has 0 fully saturated rings. The van der Waals surface area contributed by atoms with Gasteiger partial charge in [-0.2, -0.15) is 0 Å². The molecule has 0 atom stereocenters. The Balaban J connectivity index is 2.07. The van der Waals surface area contributed by atoms with Gasteiger partial charge in [0, 0.05) is 5.57 Å². The smallest absolute Gasteiger partial charge is 0.138 e. The highest BCUT2D eigenvalue weighted by Gasteiger charge is 2.06. The fourth-order valence-corrected chi connectivity index (χ4v) is 2.03. The lowest BCUT2D eigenvalue weighted by molar-refractivity contribution is 0.282. The van der Waals surface area contributed by atoms with Gasteiger partial charge in [0.2, 0.25) is 0 Å². The molecule has 0 unspecified atom stereocenters. The second-order valence-corrected chi connectivity index (χ2v) is 4.28. The Hall–Kier alpha value is -2.13.